The minimum atomic E-state index is -2.09. The second-order valence-corrected chi connectivity index (χ2v) is 17.4. The van der Waals surface area contributed by atoms with E-state index in [1.54, 1.807) is 44.9 Å². The van der Waals surface area contributed by atoms with Gasteiger partial charge in [-0.3, -0.25) is 19.4 Å². The Kier molecular flexibility index (Phi) is 12.6. The van der Waals surface area contributed by atoms with Crippen LogP contribution in [0.15, 0.2) is 41.2 Å². The Hall–Kier alpha value is -5.20. The smallest absolute Gasteiger partial charge is 0.312 e. The third-order valence-corrected chi connectivity index (χ3v) is 13.2. The summed E-state index contributed by atoms with van der Waals surface area (Å²) in [5.41, 5.74) is -2.76. The quantitative estimate of drug-likeness (QED) is 0.0806. The Morgan fingerprint density at radius 2 is 1.72 bits per heavy atom. The van der Waals surface area contributed by atoms with Gasteiger partial charge in [-0.25, -0.2) is 0 Å². The van der Waals surface area contributed by atoms with Crippen LogP contribution in [0.5, 0.6) is 23.0 Å². The highest BCUT2D eigenvalue weighted by Crippen LogP contribution is 2.60. The molecule has 9 unspecified atom stereocenters. The molecule has 6 rings (SSSR count). The van der Waals surface area contributed by atoms with Gasteiger partial charge in [0.05, 0.1) is 104 Å². The number of amides is 1. The normalized spacial score (nSPS) is 33.5. The first kappa shape index (κ1) is 45.3. The number of ketones is 1. The molecule has 332 valence electrons. The van der Waals surface area contributed by atoms with Gasteiger partial charge in [-0.15, -0.1) is 0 Å². The van der Waals surface area contributed by atoms with Gasteiger partial charge < -0.3 is 59.4 Å². The van der Waals surface area contributed by atoms with Crippen LogP contribution in [-0.4, -0.2) is 143 Å². The van der Waals surface area contributed by atoms with Crippen molar-refractivity contribution in [1.29, 1.82) is 0 Å². The van der Waals surface area contributed by atoms with E-state index in [-0.39, 0.29) is 45.7 Å². The van der Waals surface area contributed by atoms with Crippen molar-refractivity contribution in [3.63, 3.8) is 0 Å². The van der Waals surface area contributed by atoms with Crippen LogP contribution >= 0.6 is 0 Å². The molecule has 0 aliphatic carbocycles. The minimum absolute atomic E-state index is 0.151. The minimum Gasteiger partial charge on any atom is -0.850 e. The molecule has 6 N–H and O–H groups in total. The number of phenols is 3. The number of hydrazone groups is 1. The highest BCUT2D eigenvalue weighted by atomic mass is 16.7. The first-order valence-corrected chi connectivity index (χ1v) is 20.5. The maximum Gasteiger partial charge on any atom is 0.312 e. The number of rotatable bonds is 6. The molecule has 1 fully saturated rings. The van der Waals surface area contributed by atoms with Crippen molar-refractivity contribution in [2.75, 3.05) is 58.8 Å². The molecule has 5 bridgehead atoms. The van der Waals surface area contributed by atoms with E-state index >= 15 is 0 Å². The third-order valence-electron chi connectivity index (χ3n) is 13.2. The molecular weight excluding hydrogens is 792 g/mol. The molecule has 17 heteroatoms. The fourth-order valence-electron chi connectivity index (χ4n) is 9.22. The molecule has 1 saturated heterocycles. The zero-order valence-electron chi connectivity index (χ0n) is 36.1. The van der Waals surface area contributed by atoms with Crippen LogP contribution in [0, 0.1) is 17.8 Å². The molecule has 1 amide bonds. The maximum absolute atomic E-state index is 14.7. The van der Waals surface area contributed by atoms with Crippen LogP contribution in [0.1, 0.15) is 70.0 Å². The number of methoxy groups -OCH3 is 1. The molecule has 9 atom stereocenters. The number of aromatic hydroxyl groups is 3. The number of aliphatic hydroxyl groups excluding tert-OH is 2. The molecule has 0 spiro atoms. The van der Waals surface area contributed by atoms with Crippen molar-refractivity contribution in [3.05, 3.63) is 52.8 Å². The van der Waals surface area contributed by atoms with Crippen molar-refractivity contribution in [2.45, 2.75) is 84.1 Å². The summed E-state index contributed by atoms with van der Waals surface area (Å²) in [6.45, 7) is 12.9. The number of aliphatic hydroxyl groups is 2. The Labute approximate surface area is 354 Å². The molecule has 0 saturated carbocycles. The topological polar surface area (TPSA) is 240 Å². The van der Waals surface area contributed by atoms with Gasteiger partial charge in [0.2, 0.25) is 0 Å². The highest BCUT2D eigenvalue weighted by molar-refractivity contribution is 6.24. The van der Waals surface area contributed by atoms with Gasteiger partial charge in [0.25, 0.3) is 11.7 Å². The van der Waals surface area contributed by atoms with E-state index in [9.17, 15) is 45.0 Å². The summed E-state index contributed by atoms with van der Waals surface area (Å²) in [5, 5.41) is 80.8. The van der Waals surface area contributed by atoms with Crippen molar-refractivity contribution < 1.29 is 68.5 Å². The predicted molar refractivity (Wildman–Crippen MR) is 222 cm³/mol. The number of hydrogen-bond donors (Lipinski definition) is 6. The van der Waals surface area contributed by atoms with Crippen molar-refractivity contribution >= 4 is 40.3 Å². The lowest BCUT2D eigenvalue weighted by Gasteiger charge is -2.46. The number of piperazine rings is 1. The number of hydrogen-bond acceptors (Lipinski definition) is 15. The largest absolute Gasteiger partial charge is 0.850 e. The van der Waals surface area contributed by atoms with E-state index in [1.165, 1.54) is 52.5 Å². The van der Waals surface area contributed by atoms with Crippen LogP contribution in [-0.2, 0) is 29.2 Å². The molecule has 0 radical (unpaired) electrons. The number of esters is 1. The summed E-state index contributed by atoms with van der Waals surface area (Å²) in [5.74, 6) is -9.24. The van der Waals surface area contributed by atoms with Gasteiger partial charge in [0, 0.05) is 49.7 Å². The molecule has 4 heterocycles. The number of anilines is 1. The number of quaternary nitrogens is 1. The number of likely N-dealkylation sites (N-methyl/N-ethyl adjacent to an activating group) is 1. The monoisotopic (exact) mass is 850 g/mol. The van der Waals surface area contributed by atoms with Crippen molar-refractivity contribution in [3.8, 4) is 23.0 Å². The lowest BCUT2D eigenvalue weighted by atomic mass is 9.65. The number of Topliss-reactive ketones (excluding diaryl/α,β-unsaturated/α-hetero) is 1. The Morgan fingerprint density at radius 3 is 2.34 bits per heavy atom. The van der Waals surface area contributed by atoms with Crippen LogP contribution in [0.25, 0.3) is 10.8 Å². The van der Waals surface area contributed by atoms with E-state index in [0.717, 1.165) is 0 Å². The van der Waals surface area contributed by atoms with Gasteiger partial charge >= 0.3 is 11.8 Å². The van der Waals surface area contributed by atoms with E-state index in [4.69, 9.17) is 18.9 Å². The summed E-state index contributed by atoms with van der Waals surface area (Å²) in [6.07, 6.45) is 3.48. The third kappa shape index (κ3) is 7.82. The summed E-state index contributed by atoms with van der Waals surface area (Å²) in [6, 6.07) is 0. The van der Waals surface area contributed by atoms with E-state index in [2.05, 4.69) is 10.4 Å². The zero-order chi connectivity index (χ0) is 44.9. The van der Waals surface area contributed by atoms with E-state index in [0.29, 0.717) is 37.2 Å². The number of ether oxygens (including phenoxy) is 4. The molecule has 4 aliphatic heterocycles. The van der Waals surface area contributed by atoms with Crippen LogP contribution in [0.4, 0.5) is 5.69 Å². The molecule has 2 aromatic carbocycles. The molecule has 4 aliphatic rings. The van der Waals surface area contributed by atoms with E-state index in [1.807, 2.05) is 7.05 Å². The average molecular weight is 851 g/mol. The summed E-state index contributed by atoms with van der Waals surface area (Å²) in [4.78, 5) is 41.7. The van der Waals surface area contributed by atoms with Crippen LogP contribution in [0.3, 0.4) is 0 Å². The highest BCUT2D eigenvalue weighted by Gasteiger charge is 2.58. The molecule has 17 nitrogen and oxygen atoms in total. The lowest BCUT2D eigenvalue weighted by molar-refractivity contribution is -0.918. The SMILES string of the molecule is COC1/C=C/OC2(C)Oc3c4c(O)c5c(O)c(c(/C=N/N6CC[N+](C)(CC[O-])CC6)c(O)c5c3C2=O)NC(=O)/C(C)=C\C=C\C(C)C(O)C(C)C(O)C(C)C(OC(C)=O)C41C. The van der Waals surface area contributed by atoms with Crippen LogP contribution in [0.2, 0.25) is 0 Å². The number of benzene rings is 2. The number of fused-ring (bicyclic) bond motifs is 3. The second-order valence-electron chi connectivity index (χ2n) is 17.4. The number of nitrogens with zero attached hydrogens (tertiary/aromatic N) is 3. The van der Waals surface area contributed by atoms with Crippen LogP contribution < -0.4 is 15.2 Å². The fraction of sp³-hybridized carbons (Fsp3) is 0.545. The van der Waals surface area contributed by atoms with Gasteiger partial charge in [-0.1, -0.05) is 45.6 Å². The number of carbonyl (C=O) groups is 3. The predicted octanol–water partition coefficient (Wildman–Crippen LogP) is 2.54. The van der Waals surface area contributed by atoms with Gasteiger partial charge in [-0.2, -0.15) is 5.10 Å². The number of carbonyl (C=O) groups excluding carboxylic acids is 3. The summed E-state index contributed by atoms with van der Waals surface area (Å²) >= 11 is 0. The maximum atomic E-state index is 14.7. The van der Waals surface area contributed by atoms with Gasteiger partial charge in [-0.05, 0) is 19.9 Å². The molecule has 0 aromatic heterocycles. The Morgan fingerprint density at radius 1 is 1.05 bits per heavy atom. The van der Waals surface area contributed by atoms with Gasteiger partial charge in [0.15, 0.2) is 5.75 Å². The number of phenolic OH excluding ortho intramolecular Hbond substituents is 3. The van der Waals surface area contributed by atoms with Gasteiger partial charge in [0.1, 0.15) is 23.4 Å². The average Bonchev–Trinajstić information content (AvgIpc) is 3.49. The standard InChI is InChI=1S/C44H58N4O13/c1-22-11-10-12-23(2)42(57)46-33-27(21-45-47-14-16-48(8,17-15-47)18-19-49)36(53)29-30(38(33)55)37(54)32-39-31(29)40(56)44(7,61-39)59-20-13-28(58-9)43(32,6)41(60-26(5)50)25(4)35(52)24(3)34(22)51/h10-13,20-22,24-25,28,34-35,41,51-55H,14-19H2,1-9H3,(H,46,57)/b11-10+,20-13+,23-12-,45-21+. The lowest BCUT2D eigenvalue weighted by Crippen LogP contribution is -2.57. The van der Waals surface area contributed by atoms with Crippen molar-refractivity contribution in [1.82, 2.24) is 5.01 Å². The molecule has 2 aromatic rings. The Balaban J connectivity index is 1.73. The summed E-state index contributed by atoms with van der Waals surface area (Å²) < 4.78 is 25.0. The summed E-state index contributed by atoms with van der Waals surface area (Å²) in [7, 11) is 3.35. The molecule has 61 heavy (non-hydrogen) atoms. The molecular formula is C44H58N4O13. The zero-order valence-corrected chi connectivity index (χ0v) is 36.1. The number of nitrogens with one attached hydrogen (secondary N) is 1. The van der Waals surface area contributed by atoms with E-state index < -0.39 is 93.7 Å². The second kappa shape index (κ2) is 16.9. The van der Waals surface area contributed by atoms with Crippen molar-refractivity contribution in [2.24, 2.45) is 22.9 Å². The fourth-order valence-corrected chi connectivity index (χ4v) is 9.22. The first-order valence-electron chi connectivity index (χ1n) is 20.5. The first-order chi connectivity index (χ1) is 28.6. The number of allylic oxidation sites excluding steroid dienone is 2. The Bertz CT molecular complexity index is 2210.